The molecule has 1 atom stereocenters. The smallest absolute Gasteiger partial charge is 0.391 e. The van der Waals surface area contributed by atoms with Crippen molar-refractivity contribution in [1.82, 2.24) is 5.32 Å². The summed E-state index contributed by atoms with van der Waals surface area (Å²) in [4.78, 5) is 10.6. The van der Waals surface area contributed by atoms with E-state index in [2.05, 4.69) is 0 Å². The van der Waals surface area contributed by atoms with Crippen LogP contribution in [0.2, 0.25) is 0 Å². The fraction of sp³-hybridized carbons (Fsp3) is 0.875. The molecule has 84 valence electrons. The van der Waals surface area contributed by atoms with Crippen molar-refractivity contribution in [3.63, 3.8) is 0 Å². The molecule has 3 nitrogen and oxygen atoms in total. The molecule has 1 unspecified atom stereocenters. The molecule has 0 aliphatic rings. The third-order valence-corrected chi connectivity index (χ3v) is 1.52. The number of hydrogen-bond acceptors (Lipinski definition) is 2. The highest BCUT2D eigenvalue weighted by molar-refractivity contribution is 5.76. The minimum Gasteiger partial charge on any atom is -0.391 e. The average molecular weight is 213 g/mol. The number of hydrogen-bond donors (Lipinski definition) is 2. The Morgan fingerprint density at radius 2 is 2.07 bits per heavy atom. The minimum atomic E-state index is -4.49. The van der Waals surface area contributed by atoms with Gasteiger partial charge >= 0.3 is 6.18 Å². The normalized spacial score (nSPS) is 13.8. The fourth-order valence-electron chi connectivity index (χ4n) is 0.911. The number of aliphatic hydroxyl groups is 1. The molecular formula is C8H14F3NO2. The lowest BCUT2D eigenvalue weighted by atomic mass is 10.2. The van der Waals surface area contributed by atoms with E-state index >= 15 is 0 Å². The van der Waals surface area contributed by atoms with E-state index in [9.17, 15) is 18.0 Å². The Morgan fingerprint density at radius 3 is 2.50 bits per heavy atom. The molecule has 0 fully saturated rings. The van der Waals surface area contributed by atoms with Crippen LogP contribution in [0.5, 0.6) is 0 Å². The standard InChI is InChI=1S/C8H14F3NO2/c1-2-3-6(13)5-12-7(14)4-8(9,10)11/h6,13H,2-5H2,1H3,(H,12,14). The number of carbonyl (C=O) groups excluding carboxylic acids is 1. The molecule has 0 rings (SSSR count). The van der Waals surface area contributed by atoms with Gasteiger partial charge in [-0.1, -0.05) is 13.3 Å². The lowest BCUT2D eigenvalue weighted by Crippen LogP contribution is -2.34. The van der Waals surface area contributed by atoms with E-state index in [0.29, 0.717) is 6.42 Å². The summed E-state index contributed by atoms with van der Waals surface area (Å²) >= 11 is 0. The van der Waals surface area contributed by atoms with Crippen molar-refractivity contribution in [2.24, 2.45) is 0 Å². The zero-order valence-corrected chi connectivity index (χ0v) is 7.90. The van der Waals surface area contributed by atoms with Crippen molar-refractivity contribution >= 4 is 5.91 Å². The first-order valence-electron chi connectivity index (χ1n) is 4.36. The first-order chi connectivity index (χ1) is 6.35. The van der Waals surface area contributed by atoms with Crippen molar-refractivity contribution in [1.29, 1.82) is 0 Å². The van der Waals surface area contributed by atoms with E-state index in [-0.39, 0.29) is 6.54 Å². The number of carbonyl (C=O) groups is 1. The predicted octanol–water partition coefficient (Wildman–Crippen LogP) is 1.22. The van der Waals surface area contributed by atoms with Gasteiger partial charge in [0, 0.05) is 6.54 Å². The Hall–Kier alpha value is -0.780. The molecule has 0 spiro atoms. The Labute approximate surface area is 80.3 Å². The van der Waals surface area contributed by atoms with E-state index < -0.39 is 24.6 Å². The van der Waals surface area contributed by atoms with Gasteiger partial charge in [-0.3, -0.25) is 4.79 Å². The molecule has 0 radical (unpaired) electrons. The molecule has 0 aromatic heterocycles. The number of rotatable bonds is 5. The Kier molecular flexibility index (Phi) is 5.52. The molecule has 0 aliphatic heterocycles. The van der Waals surface area contributed by atoms with Crippen LogP contribution in [-0.2, 0) is 4.79 Å². The third kappa shape index (κ3) is 7.85. The summed E-state index contributed by atoms with van der Waals surface area (Å²) in [7, 11) is 0. The second kappa shape index (κ2) is 5.85. The van der Waals surface area contributed by atoms with Crippen LogP contribution in [0.3, 0.4) is 0 Å². The summed E-state index contributed by atoms with van der Waals surface area (Å²) in [6, 6.07) is 0. The quantitative estimate of drug-likeness (QED) is 0.721. The minimum absolute atomic E-state index is 0.122. The number of amides is 1. The molecule has 0 saturated carbocycles. The highest BCUT2D eigenvalue weighted by Crippen LogP contribution is 2.18. The molecule has 0 heterocycles. The van der Waals surface area contributed by atoms with Gasteiger partial charge in [-0.05, 0) is 6.42 Å². The summed E-state index contributed by atoms with van der Waals surface area (Å²) in [5.74, 6) is -1.10. The van der Waals surface area contributed by atoms with E-state index in [1.807, 2.05) is 12.2 Å². The lowest BCUT2D eigenvalue weighted by molar-refractivity contribution is -0.154. The van der Waals surface area contributed by atoms with Gasteiger partial charge < -0.3 is 10.4 Å². The fourth-order valence-corrected chi connectivity index (χ4v) is 0.911. The van der Waals surface area contributed by atoms with Gasteiger partial charge in [0.2, 0.25) is 5.91 Å². The molecule has 0 aliphatic carbocycles. The van der Waals surface area contributed by atoms with Gasteiger partial charge in [0.15, 0.2) is 0 Å². The van der Waals surface area contributed by atoms with E-state index in [1.54, 1.807) is 0 Å². The van der Waals surface area contributed by atoms with E-state index in [1.165, 1.54) is 0 Å². The number of aliphatic hydroxyl groups excluding tert-OH is 1. The summed E-state index contributed by atoms with van der Waals surface area (Å²) < 4.78 is 35.0. The van der Waals surface area contributed by atoms with Crippen molar-refractivity contribution in [2.75, 3.05) is 6.54 Å². The zero-order valence-electron chi connectivity index (χ0n) is 7.90. The van der Waals surface area contributed by atoms with Crippen LogP contribution >= 0.6 is 0 Å². The number of alkyl halides is 3. The number of nitrogens with one attached hydrogen (secondary N) is 1. The van der Waals surface area contributed by atoms with Crippen LogP contribution in [0.15, 0.2) is 0 Å². The molecule has 0 bridgehead atoms. The Balaban J connectivity index is 3.64. The first-order valence-corrected chi connectivity index (χ1v) is 4.36. The van der Waals surface area contributed by atoms with Crippen LogP contribution in [0, 0.1) is 0 Å². The van der Waals surface area contributed by atoms with Crippen molar-refractivity contribution in [3.05, 3.63) is 0 Å². The van der Waals surface area contributed by atoms with Crippen molar-refractivity contribution in [3.8, 4) is 0 Å². The van der Waals surface area contributed by atoms with Gasteiger partial charge in [0.1, 0.15) is 6.42 Å². The second-order valence-electron chi connectivity index (χ2n) is 3.04. The Morgan fingerprint density at radius 1 is 1.50 bits per heavy atom. The molecule has 0 aromatic carbocycles. The van der Waals surface area contributed by atoms with Crippen LogP contribution in [0.1, 0.15) is 26.2 Å². The van der Waals surface area contributed by atoms with Crippen molar-refractivity contribution in [2.45, 2.75) is 38.5 Å². The topological polar surface area (TPSA) is 49.3 Å². The molecule has 6 heteroatoms. The summed E-state index contributed by atoms with van der Waals surface area (Å²) in [6.45, 7) is 1.71. The summed E-state index contributed by atoms with van der Waals surface area (Å²) in [5, 5.41) is 11.1. The summed E-state index contributed by atoms with van der Waals surface area (Å²) in [6.07, 6.45) is -5.56. The highest BCUT2D eigenvalue weighted by atomic mass is 19.4. The van der Waals surface area contributed by atoms with Crippen LogP contribution in [0.4, 0.5) is 13.2 Å². The maximum atomic E-state index is 11.7. The first kappa shape index (κ1) is 13.2. The van der Waals surface area contributed by atoms with E-state index in [4.69, 9.17) is 5.11 Å². The maximum absolute atomic E-state index is 11.7. The second-order valence-corrected chi connectivity index (χ2v) is 3.04. The third-order valence-electron chi connectivity index (χ3n) is 1.52. The summed E-state index contributed by atoms with van der Waals surface area (Å²) in [5.41, 5.74) is 0. The zero-order chi connectivity index (χ0) is 11.2. The van der Waals surface area contributed by atoms with Crippen LogP contribution in [-0.4, -0.2) is 29.8 Å². The predicted molar refractivity (Wildman–Crippen MR) is 44.6 cm³/mol. The maximum Gasteiger partial charge on any atom is 0.397 e. The molecule has 1 amide bonds. The van der Waals surface area contributed by atoms with Gasteiger partial charge in [-0.25, -0.2) is 0 Å². The van der Waals surface area contributed by atoms with Gasteiger partial charge in [0.25, 0.3) is 0 Å². The molecule has 14 heavy (non-hydrogen) atoms. The van der Waals surface area contributed by atoms with Gasteiger partial charge in [-0.2, -0.15) is 13.2 Å². The average Bonchev–Trinajstić information content (AvgIpc) is 1.98. The van der Waals surface area contributed by atoms with Crippen LogP contribution < -0.4 is 5.32 Å². The number of halogens is 3. The highest BCUT2D eigenvalue weighted by Gasteiger charge is 2.31. The van der Waals surface area contributed by atoms with Gasteiger partial charge in [-0.15, -0.1) is 0 Å². The molecule has 0 aromatic rings. The monoisotopic (exact) mass is 213 g/mol. The SMILES string of the molecule is CCCC(O)CNC(=O)CC(F)(F)F. The lowest BCUT2D eigenvalue weighted by Gasteiger charge is -2.11. The molecule has 0 saturated heterocycles. The molecule has 2 N–H and O–H groups in total. The van der Waals surface area contributed by atoms with Crippen molar-refractivity contribution < 1.29 is 23.1 Å². The Bertz CT molecular complexity index is 182. The molecular weight excluding hydrogens is 199 g/mol. The van der Waals surface area contributed by atoms with E-state index in [0.717, 1.165) is 6.42 Å². The largest absolute Gasteiger partial charge is 0.397 e. The van der Waals surface area contributed by atoms with Gasteiger partial charge in [0.05, 0.1) is 6.10 Å². The van der Waals surface area contributed by atoms with Crippen LogP contribution in [0.25, 0.3) is 0 Å².